The molecule has 6 aromatic carbocycles. The molecular weight excluding hydrogens is 1750 g/mol. The van der Waals surface area contributed by atoms with E-state index in [0.717, 1.165) is 155 Å². The van der Waals surface area contributed by atoms with Crippen LogP contribution in [-0.4, -0.2) is 257 Å². The number of aromatic nitrogens is 8. The minimum atomic E-state index is -1.17. The second-order valence-electron chi connectivity index (χ2n) is 37.4. The lowest BCUT2D eigenvalue weighted by molar-refractivity contribution is -0.142. The lowest BCUT2D eigenvalue weighted by Crippen LogP contribution is -2.54. The van der Waals surface area contributed by atoms with Gasteiger partial charge in [0.15, 0.2) is 6.04 Å². The number of carbonyl (C=O) groups is 9. The van der Waals surface area contributed by atoms with E-state index in [1.165, 1.54) is 42.5 Å². The second-order valence-corrected chi connectivity index (χ2v) is 37.4. The van der Waals surface area contributed by atoms with Gasteiger partial charge < -0.3 is 113 Å². The number of benzene rings is 6. The molecular formula is C99H126N16O21. The zero-order valence-corrected chi connectivity index (χ0v) is 80.6. The van der Waals surface area contributed by atoms with Crippen LogP contribution >= 0.6 is 0 Å². The van der Waals surface area contributed by atoms with E-state index < -0.39 is 78.4 Å². The number of rotatable bonds is 26. The summed E-state index contributed by atoms with van der Waals surface area (Å²) < 4.78 is 58.7. The number of ether oxygens (including phenoxy) is 11. The highest BCUT2D eigenvalue weighted by Gasteiger charge is 2.47. The molecule has 6 aliphatic rings. The lowest BCUT2D eigenvalue weighted by atomic mass is 9.92. The second kappa shape index (κ2) is 42.4. The van der Waals surface area contributed by atoms with Gasteiger partial charge in [0.05, 0.1) is 124 Å². The van der Waals surface area contributed by atoms with Gasteiger partial charge in [-0.1, -0.05) is 90.8 Å². The normalized spacial score (nSPS) is 20.5. The van der Waals surface area contributed by atoms with Crippen LogP contribution in [0.15, 0.2) is 97.3 Å². The van der Waals surface area contributed by atoms with Crippen LogP contribution in [-0.2, 0) is 75.0 Å². The van der Waals surface area contributed by atoms with Crippen LogP contribution in [0.2, 0.25) is 0 Å². The van der Waals surface area contributed by atoms with E-state index in [9.17, 15) is 43.2 Å². The first-order valence-electron chi connectivity index (χ1n) is 46.2. The van der Waals surface area contributed by atoms with E-state index in [4.69, 9.17) is 72.4 Å². The molecule has 16 rings (SSSR count). The van der Waals surface area contributed by atoms with Crippen LogP contribution in [0, 0.1) is 35.5 Å². The molecule has 0 spiro atoms. The highest BCUT2D eigenvalue weighted by Crippen LogP contribution is 2.48. The molecule has 37 nitrogen and oxygen atoms in total. The van der Waals surface area contributed by atoms with Gasteiger partial charge in [0, 0.05) is 88.4 Å². The van der Waals surface area contributed by atoms with Crippen molar-refractivity contribution in [2.75, 3.05) is 96.3 Å². The van der Waals surface area contributed by atoms with Gasteiger partial charge in [-0.25, -0.2) is 48.7 Å². The number of hydrogen-bond acceptors (Lipinski definition) is 24. The van der Waals surface area contributed by atoms with Crippen LogP contribution in [0.25, 0.3) is 88.4 Å². The van der Waals surface area contributed by atoms with Gasteiger partial charge in [-0.3, -0.25) is 19.3 Å². The summed E-state index contributed by atoms with van der Waals surface area (Å²) in [5.41, 5.74) is 12.5. The molecule has 9 N–H and O–H groups in total. The number of alkyl carbamates (subject to hydrolysis) is 4. The number of aliphatic carboxylic acids is 1. The zero-order valence-electron chi connectivity index (χ0n) is 80.6. The number of methoxy groups -OCH3 is 8. The summed E-state index contributed by atoms with van der Waals surface area (Å²) in [6.07, 6.45) is 3.59. The first-order valence-corrected chi connectivity index (χ1v) is 46.2. The molecule has 4 aromatic heterocycles. The monoisotopic (exact) mass is 1870 g/mol. The maximum Gasteiger partial charge on any atom is 0.410 e. The molecule has 8 amide bonds. The SMILES string of the molecule is CC[C@H](C)[C@H](NC(=O)OC)C(=O)N1C[C@@H](C)CC1c1ncc(-c2ccc3c(c2)COc2cc4c(ccc5[nH]c([C@@H]6C[C@H](COC)CN6C(=O)OC(C)(C)C)nc54)cc2-3)[nH]1.CC[C@H](C)[C@H](NC(=O)OC)C(=O)N1C[C@@H](C)CC1c1ncc(-c2ccc3c(c2)COc2cc4c(ccc5[nH]c([C@@H]6C[C@H](COC)CN6C(=O)[C@@H](NC(=O)OC)[C@@H](C)OC)nc54)cc2-3)[nH]1.COC(=O)N[C@H](C(=O)O)[C@@H](C)OC. The van der Waals surface area contributed by atoms with Crippen molar-refractivity contribution in [2.45, 2.75) is 194 Å². The topological polar surface area (TPSA) is 451 Å². The standard InChI is InChI=1S/C47H58N8O9.C45H55N7O7.C7H13NO5/c1-9-25(3)39(52-46(58)62-7)44(56)54-20-24(2)14-36(54)42-48-19-35(50-42)29-10-12-31-30(16-29)23-64-38-18-32-28(17-33(31)38)11-13-34-41(32)51-43(49-34)37-15-27(22-60-5)21-55(37)45(57)40(26(4)61-6)53-47(59)63-8;1-9-25(3)38(50-43(54)57-8)42(53)51-20-24(2)14-35(51)40-46-19-34(48-40)28-10-12-30-29(16-28)23-58-37-18-31-27(17-32(30)37)11-13-33-39(31)49-41(47-33)36-15-26(22-56-7)21-52(36)44(55)59-45(4,5)6;1-4(12-2)5(6(9)10)8-7(11)13-3/h10-13,16-19,24-27,36-37,39-40H,9,14-15,20-23H2,1-8H3,(H,48,50)(H,49,51)(H,52,58)(H,53,59);10-13,16-19,24-26,35-36,38H,9,14-15,20-23H2,1-8H3,(H,46,48)(H,47,49)(H,50,54);4-5H,1-3H3,(H,8,11)(H,9,10)/t24-,25-,26+,27-,36?,37-,39-,40-;24-,25-,26-,35?,36-,38-;4-,5+/m001/s1. The van der Waals surface area contributed by atoms with Gasteiger partial charge in [-0.2, -0.15) is 0 Å². The highest BCUT2D eigenvalue weighted by molar-refractivity contribution is 6.08. The van der Waals surface area contributed by atoms with Crippen molar-refractivity contribution in [1.82, 2.24) is 80.7 Å². The summed E-state index contributed by atoms with van der Waals surface area (Å²) in [6.45, 7) is 24.9. The molecule has 2 unspecified atom stereocenters. The van der Waals surface area contributed by atoms with Gasteiger partial charge in [-0.15, -0.1) is 0 Å². The molecule has 6 aliphatic heterocycles. The molecule has 4 saturated heterocycles. The quantitative estimate of drug-likeness (QED) is 0.0227. The van der Waals surface area contributed by atoms with Crippen LogP contribution in [0.3, 0.4) is 0 Å². The average Bonchev–Trinajstić information content (AvgIpc) is 1.47. The number of nitrogens with one attached hydrogen (secondary N) is 8. The van der Waals surface area contributed by atoms with Crippen molar-refractivity contribution in [3.8, 4) is 56.3 Å². The molecule has 4 fully saturated rings. The summed E-state index contributed by atoms with van der Waals surface area (Å²) in [6, 6.07) is 24.6. The number of aromatic amines is 4. The average molecular weight is 1880 g/mol. The summed E-state index contributed by atoms with van der Waals surface area (Å²) in [7, 11) is 11.2. The summed E-state index contributed by atoms with van der Waals surface area (Å²) in [5, 5.41) is 22.9. The number of nitrogens with zero attached hydrogens (tertiary/aromatic N) is 8. The number of H-pyrrole nitrogens is 4. The molecule has 0 bridgehead atoms. The van der Waals surface area contributed by atoms with E-state index in [1.54, 1.807) is 30.9 Å². The smallest absolute Gasteiger partial charge is 0.410 e. The van der Waals surface area contributed by atoms with Crippen molar-refractivity contribution in [3.63, 3.8) is 0 Å². The Hall–Kier alpha value is -13.1. The number of carboxylic acids is 1. The molecule has 728 valence electrons. The first-order chi connectivity index (χ1) is 65.1. The Balaban J connectivity index is 0.000000193. The third-order valence-electron chi connectivity index (χ3n) is 26.9. The molecule has 0 aliphatic carbocycles. The van der Waals surface area contributed by atoms with Gasteiger partial charge in [0.1, 0.15) is 71.7 Å². The maximum absolute atomic E-state index is 14.1. The van der Waals surface area contributed by atoms with Gasteiger partial charge in [0.25, 0.3) is 0 Å². The Morgan fingerprint density at radius 2 is 0.846 bits per heavy atom. The Kier molecular flexibility index (Phi) is 30.8. The largest absolute Gasteiger partial charge is 0.488 e. The van der Waals surface area contributed by atoms with Gasteiger partial charge in [-0.05, 0) is 177 Å². The number of carbonyl (C=O) groups excluding carboxylic acids is 8. The Labute approximate surface area is 788 Å². The van der Waals surface area contributed by atoms with Crippen LogP contribution in [0.5, 0.6) is 11.5 Å². The minimum Gasteiger partial charge on any atom is -0.488 e. The van der Waals surface area contributed by atoms with Crippen LogP contribution in [0.4, 0.5) is 24.0 Å². The minimum absolute atomic E-state index is 0.0552. The Bertz CT molecular complexity index is 6060. The van der Waals surface area contributed by atoms with Gasteiger partial charge in [0.2, 0.25) is 17.7 Å². The van der Waals surface area contributed by atoms with Crippen LogP contribution in [0.1, 0.15) is 173 Å². The third kappa shape index (κ3) is 21.3. The third-order valence-corrected chi connectivity index (χ3v) is 26.9. The number of imidazole rings is 4. The Morgan fingerprint density at radius 1 is 0.463 bits per heavy atom. The van der Waals surface area contributed by atoms with E-state index in [1.807, 2.05) is 88.9 Å². The molecule has 0 radical (unpaired) electrons. The number of hydrogen-bond donors (Lipinski definition) is 9. The molecule has 10 aromatic rings. The van der Waals surface area contributed by atoms with E-state index >= 15 is 0 Å². The number of fused-ring (bicyclic) bond motifs is 12. The fourth-order valence-corrected chi connectivity index (χ4v) is 19.2. The van der Waals surface area contributed by atoms with Crippen molar-refractivity contribution < 1.29 is 100 Å². The lowest BCUT2D eigenvalue weighted by Gasteiger charge is -2.30. The van der Waals surface area contributed by atoms with Crippen molar-refractivity contribution >= 4 is 97.8 Å². The van der Waals surface area contributed by atoms with Crippen molar-refractivity contribution in [3.05, 3.63) is 132 Å². The summed E-state index contributed by atoms with van der Waals surface area (Å²) in [5.74, 6) is 3.18. The molecule has 10 heterocycles. The summed E-state index contributed by atoms with van der Waals surface area (Å²) in [4.78, 5) is 154. The van der Waals surface area contributed by atoms with E-state index in [2.05, 4.69) is 127 Å². The maximum atomic E-state index is 14.1. The molecule has 37 heteroatoms. The fourth-order valence-electron chi connectivity index (χ4n) is 19.2. The predicted octanol–water partition coefficient (Wildman–Crippen LogP) is 14.8. The number of carboxylic acid groups (broad SMARTS) is 1. The van der Waals surface area contributed by atoms with Crippen molar-refractivity contribution in [2.24, 2.45) is 35.5 Å². The van der Waals surface area contributed by atoms with E-state index in [0.29, 0.717) is 77.1 Å². The molecule has 136 heavy (non-hydrogen) atoms. The number of amides is 8. The zero-order chi connectivity index (χ0) is 97.6. The fraction of sp³-hybridized carbons (Fsp3) is 0.505. The van der Waals surface area contributed by atoms with Gasteiger partial charge >= 0.3 is 36.4 Å². The predicted molar refractivity (Wildman–Crippen MR) is 505 cm³/mol. The molecule has 16 atom stereocenters. The van der Waals surface area contributed by atoms with Crippen molar-refractivity contribution in [1.29, 1.82) is 0 Å². The Morgan fingerprint density at radius 3 is 1.24 bits per heavy atom. The number of likely N-dealkylation sites (tertiary alicyclic amines) is 4. The van der Waals surface area contributed by atoms with Crippen LogP contribution < -0.4 is 30.7 Å². The highest BCUT2D eigenvalue weighted by atomic mass is 16.6. The molecule has 0 saturated carbocycles. The van der Waals surface area contributed by atoms with E-state index in [-0.39, 0.29) is 77.4 Å². The first kappa shape index (κ1) is 98.9. The summed E-state index contributed by atoms with van der Waals surface area (Å²) >= 11 is 0.